The Morgan fingerprint density at radius 1 is 1.17 bits per heavy atom. The minimum absolute atomic E-state index is 0.0192. The highest BCUT2D eigenvalue weighted by atomic mass is 16.7. The number of benzene rings is 1. The molecule has 2 amide bonds. The number of fused-ring (bicyclic) bond motifs is 5. The summed E-state index contributed by atoms with van der Waals surface area (Å²) in [6.07, 6.45) is 5.25. The number of carbonyl (C=O) groups excluding carboxylic acids is 2. The van der Waals surface area contributed by atoms with Crippen LogP contribution in [-0.4, -0.2) is 45.8 Å². The Labute approximate surface area is 208 Å². The number of nitrogens with one attached hydrogen (secondary N) is 1. The minimum atomic E-state index is -0.669. The zero-order chi connectivity index (χ0) is 25.0. The van der Waals surface area contributed by atoms with Crippen LogP contribution in [0, 0.1) is 17.8 Å². The Balaban J connectivity index is 1.34. The average molecular weight is 492 g/mol. The summed E-state index contributed by atoms with van der Waals surface area (Å²) in [5, 5.41) is 13.4. The van der Waals surface area contributed by atoms with Crippen molar-refractivity contribution in [3.05, 3.63) is 63.6 Å². The van der Waals surface area contributed by atoms with Gasteiger partial charge in [-0.15, -0.1) is 0 Å². The Bertz CT molecular complexity index is 1310. The van der Waals surface area contributed by atoms with Gasteiger partial charge < -0.3 is 29.4 Å². The van der Waals surface area contributed by atoms with E-state index in [2.05, 4.69) is 5.32 Å². The second-order valence-electron chi connectivity index (χ2n) is 9.94. The second kappa shape index (κ2) is 8.81. The van der Waals surface area contributed by atoms with Crippen LogP contribution in [-0.2, 0) is 22.7 Å². The van der Waals surface area contributed by atoms with Crippen LogP contribution in [0.1, 0.15) is 42.6 Å². The molecule has 4 aliphatic rings. The molecule has 3 aliphatic heterocycles. The van der Waals surface area contributed by atoms with Gasteiger partial charge in [-0.05, 0) is 49.6 Å². The first-order valence-electron chi connectivity index (χ1n) is 12.5. The Morgan fingerprint density at radius 2 is 1.97 bits per heavy atom. The number of aliphatic hydroxyl groups excluding tert-OH is 1. The molecule has 4 atom stereocenters. The lowest BCUT2D eigenvalue weighted by molar-refractivity contribution is -0.138. The van der Waals surface area contributed by atoms with E-state index in [-0.39, 0.29) is 49.8 Å². The molecule has 36 heavy (non-hydrogen) atoms. The topological polar surface area (TPSA) is 110 Å². The lowest BCUT2D eigenvalue weighted by atomic mass is 9.86. The van der Waals surface area contributed by atoms with Crippen molar-refractivity contribution in [3.63, 3.8) is 0 Å². The number of pyridine rings is 1. The van der Waals surface area contributed by atoms with Gasteiger partial charge in [0, 0.05) is 42.8 Å². The number of allylic oxidation sites excluding steroid dienone is 1. The lowest BCUT2D eigenvalue weighted by Crippen LogP contribution is -2.49. The van der Waals surface area contributed by atoms with Crippen LogP contribution in [0.5, 0.6) is 11.5 Å². The smallest absolute Gasteiger partial charge is 0.258 e. The molecule has 6 rings (SSSR count). The van der Waals surface area contributed by atoms with Gasteiger partial charge in [-0.3, -0.25) is 14.4 Å². The molecular formula is C27H29N3O6. The first-order chi connectivity index (χ1) is 17.5. The predicted molar refractivity (Wildman–Crippen MR) is 130 cm³/mol. The molecule has 2 aromatic rings. The van der Waals surface area contributed by atoms with Crippen LogP contribution < -0.4 is 20.3 Å². The van der Waals surface area contributed by atoms with Crippen LogP contribution >= 0.6 is 0 Å². The molecular weight excluding hydrogens is 462 g/mol. The molecule has 9 heteroatoms. The zero-order valence-corrected chi connectivity index (χ0v) is 20.1. The molecule has 0 spiro atoms. The van der Waals surface area contributed by atoms with Gasteiger partial charge in [0.15, 0.2) is 11.5 Å². The summed E-state index contributed by atoms with van der Waals surface area (Å²) in [4.78, 5) is 42.1. The van der Waals surface area contributed by atoms with Crippen LogP contribution in [0.15, 0.2) is 41.2 Å². The minimum Gasteiger partial charge on any atom is -0.454 e. The van der Waals surface area contributed by atoms with Crippen molar-refractivity contribution in [2.45, 2.75) is 44.9 Å². The van der Waals surface area contributed by atoms with Gasteiger partial charge in [0.25, 0.3) is 5.56 Å². The van der Waals surface area contributed by atoms with E-state index in [4.69, 9.17) is 9.47 Å². The number of aliphatic hydroxyl groups is 1. The fourth-order valence-corrected chi connectivity index (χ4v) is 5.93. The van der Waals surface area contributed by atoms with Crippen LogP contribution in [0.2, 0.25) is 0 Å². The molecule has 2 bridgehead atoms. The Morgan fingerprint density at radius 3 is 2.72 bits per heavy atom. The van der Waals surface area contributed by atoms with E-state index in [1.165, 1.54) is 0 Å². The van der Waals surface area contributed by atoms with Crippen molar-refractivity contribution >= 4 is 17.9 Å². The predicted octanol–water partition coefficient (Wildman–Crippen LogP) is 1.83. The van der Waals surface area contributed by atoms with Crippen molar-refractivity contribution in [1.29, 1.82) is 0 Å². The molecule has 4 heterocycles. The van der Waals surface area contributed by atoms with Crippen molar-refractivity contribution < 1.29 is 24.2 Å². The molecule has 1 saturated heterocycles. The Hall–Kier alpha value is -3.59. The number of ether oxygens (including phenoxy) is 2. The average Bonchev–Trinajstić information content (AvgIpc) is 3.58. The molecule has 2 N–H and O–H groups in total. The monoisotopic (exact) mass is 491 g/mol. The third-order valence-electron chi connectivity index (χ3n) is 7.81. The SMILES string of the molecule is C/C=C\c1ccc2n(c1=O)C[C@@H]1[C@@H](CO)[C@H](C(=O)NCc3ccc4c(c3)OCO4)[C@H]2N1C(=O)C1CC1. The summed E-state index contributed by atoms with van der Waals surface area (Å²) in [5.74, 6) is -0.0968. The van der Waals surface area contributed by atoms with Gasteiger partial charge in [0.05, 0.1) is 18.0 Å². The van der Waals surface area contributed by atoms with Gasteiger partial charge in [-0.2, -0.15) is 0 Å². The van der Waals surface area contributed by atoms with Gasteiger partial charge in [-0.25, -0.2) is 0 Å². The molecule has 0 radical (unpaired) electrons. The molecule has 1 aromatic heterocycles. The third kappa shape index (κ3) is 3.61. The lowest BCUT2D eigenvalue weighted by Gasteiger charge is -2.38. The van der Waals surface area contributed by atoms with Gasteiger partial charge in [0.1, 0.15) is 0 Å². The number of amides is 2. The van der Waals surface area contributed by atoms with Crippen LogP contribution in [0.25, 0.3) is 6.08 Å². The largest absolute Gasteiger partial charge is 0.454 e. The summed E-state index contributed by atoms with van der Waals surface area (Å²) in [6, 6.07) is 8.10. The summed E-state index contributed by atoms with van der Waals surface area (Å²) >= 11 is 0. The number of rotatable bonds is 6. The van der Waals surface area contributed by atoms with Gasteiger partial charge in [-0.1, -0.05) is 18.2 Å². The molecule has 9 nitrogen and oxygen atoms in total. The molecule has 2 fully saturated rings. The molecule has 1 aromatic carbocycles. The van der Waals surface area contributed by atoms with Gasteiger partial charge in [0.2, 0.25) is 18.6 Å². The first kappa shape index (κ1) is 22.8. The van der Waals surface area contributed by atoms with E-state index >= 15 is 0 Å². The maximum absolute atomic E-state index is 13.7. The van der Waals surface area contributed by atoms with Gasteiger partial charge >= 0.3 is 0 Å². The van der Waals surface area contributed by atoms with E-state index < -0.39 is 23.9 Å². The fraction of sp³-hybridized carbons (Fsp3) is 0.444. The van der Waals surface area contributed by atoms with Crippen molar-refractivity contribution in [2.24, 2.45) is 17.8 Å². The molecule has 0 unspecified atom stereocenters. The number of carbonyl (C=O) groups is 2. The summed E-state index contributed by atoms with van der Waals surface area (Å²) in [6.45, 7) is 2.32. The standard InChI is InChI=1S/C27H29N3O6/c1-2-3-16-7-8-19-24-23(25(32)28-11-15-4-9-21-22(10-15)36-14-35-21)18(13-31)20(12-29(19)26(16)33)30(24)27(34)17-5-6-17/h2-4,7-10,17-18,20,23-24,31H,5-6,11-14H2,1H3,(H,28,32)/b3-2-/t18-,20-,23+,24+/m1/s1. The third-order valence-corrected chi connectivity index (χ3v) is 7.81. The first-order valence-corrected chi connectivity index (χ1v) is 12.5. The number of nitrogens with zero attached hydrogens (tertiary/aromatic N) is 2. The number of hydrogen-bond acceptors (Lipinski definition) is 6. The summed E-state index contributed by atoms with van der Waals surface area (Å²) < 4.78 is 12.5. The van der Waals surface area contributed by atoms with Crippen LogP contribution in [0.4, 0.5) is 0 Å². The fourth-order valence-electron chi connectivity index (χ4n) is 5.93. The highest BCUT2D eigenvalue weighted by Crippen LogP contribution is 2.50. The van der Waals surface area contributed by atoms with E-state index in [1.807, 2.05) is 37.3 Å². The molecule has 188 valence electrons. The van der Waals surface area contributed by atoms with E-state index in [0.717, 1.165) is 18.4 Å². The van der Waals surface area contributed by atoms with E-state index in [0.29, 0.717) is 22.8 Å². The number of hydrogen-bond donors (Lipinski definition) is 2. The summed E-state index contributed by atoms with van der Waals surface area (Å²) in [7, 11) is 0. The molecule has 1 aliphatic carbocycles. The quantitative estimate of drug-likeness (QED) is 0.638. The normalized spacial score (nSPS) is 25.8. The van der Waals surface area contributed by atoms with Crippen molar-refractivity contribution in [3.8, 4) is 11.5 Å². The number of aromatic nitrogens is 1. The van der Waals surface area contributed by atoms with E-state index in [1.54, 1.807) is 21.6 Å². The van der Waals surface area contributed by atoms with Crippen molar-refractivity contribution in [2.75, 3.05) is 13.4 Å². The highest BCUT2D eigenvalue weighted by Gasteiger charge is 2.58. The van der Waals surface area contributed by atoms with Crippen LogP contribution in [0.3, 0.4) is 0 Å². The maximum atomic E-state index is 13.7. The highest BCUT2D eigenvalue weighted by molar-refractivity contribution is 5.86. The van der Waals surface area contributed by atoms with Crippen molar-refractivity contribution in [1.82, 2.24) is 14.8 Å². The Kier molecular flexibility index (Phi) is 5.59. The summed E-state index contributed by atoms with van der Waals surface area (Å²) in [5.41, 5.74) is 1.93. The van der Waals surface area contributed by atoms with E-state index in [9.17, 15) is 19.5 Å². The maximum Gasteiger partial charge on any atom is 0.258 e. The molecule has 1 saturated carbocycles. The second-order valence-corrected chi connectivity index (χ2v) is 9.94. The zero-order valence-electron chi connectivity index (χ0n) is 20.1.